The minimum Gasteiger partial charge on any atom is -0.465 e. The summed E-state index contributed by atoms with van der Waals surface area (Å²) in [6, 6.07) is 14.3. The molecule has 0 aliphatic carbocycles. The molecule has 1 aliphatic rings. The summed E-state index contributed by atoms with van der Waals surface area (Å²) in [5, 5.41) is 0.703. The summed E-state index contributed by atoms with van der Waals surface area (Å²) < 4.78 is 7.29. The lowest BCUT2D eigenvalue weighted by atomic mass is 9.94. The van der Waals surface area contributed by atoms with Crippen molar-refractivity contribution in [3.05, 3.63) is 63.6 Å². The van der Waals surface area contributed by atoms with E-state index in [1.807, 2.05) is 30.3 Å². The van der Waals surface area contributed by atoms with Crippen LogP contribution in [0.2, 0.25) is 0 Å². The second kappa shape index (κ2) is 5.58. The average Bonchev–Trinajstić information content (AvgIpc) is 2.48. The van der Waals surface area contributed by atoms with Gasteiger partial charge in [0.25, 0.3) is 0 Å². The van der Waals surface area contributed by atoms with E-state index in [-0.39, 0.29) is 0 Å². The number of nitrogens with zero attached hydrogens (tertiary/aromatic N) is 1. The van der Waals surface area contributed by atoms with Crippen LogP contribution in [0.25, 0.3) is 0 Å². The van der Waals surface area contributed by atoms with E-state index in [4.69, 9.17) is 9.73 Å². The summed E-state index contributed by atoms with van der Waals surface area (Å²) in [5.74, 6) is 0.685. The van der Waals surface area contributed by atoms with Crippen molar-refractivity contribution in [1.82, 2.24) is 0 Å². The van der Waals surface area contributed by atoms with Crippen molar-refractivity contribution in [2.75, 3.05) is 5.33 Å². The molecule has 21 heavy (non-hydrogen) atoms. The normalized spacial score (nSPS) is 20.5. The van der Waals surface area contributed by atoms with E-state index < -0.39 is 5.60 Å². The highest BCUT2D eigenvalue weighted by atomic mass is 79.9. The van der Waals surface area contributed by atoms with Crippen molar-refractivity contribution in [1.29, 1.82) is 0 Å². The minimum atomic E-state index is -0.432. The van der Waals surface area contributed by atoms with Crippen molar-refractivity contribution < 1.29 is 4.74 Å². The standard InChI is InChI=1S/C17H15Br2NO/c1-11-5-3-4-6-13(11)16-20-15-8-7-12(19)9-14(15)17(2,10-18)21-16/h3-9H,10H2,1-2H3. The first-order valence-corrected chi connectivity index (χ1v) is 8.65. The van der Waals surface area contributed by atoms with Crippen LogP contribution in [0, 0.1) is 6.92 Å². The lowest BCUT2D eigenvalue weighted by Gasteiger charge is -2.34. The summed E-state index contributed by atoms with van der Waals surface area (Å²) in [7, 11) is 0. The molecule has 0 saturated carbocycles. The maximum Gasteiger partial charge on any atom is 0.222 e. The topological polar surface area (TPSA) is 21.6 Å². The van der Waals surface area contributed by atoms with Gasteiger partial charge in [0, 0.05) is 20.9 Å². The zero-order valence-electron chi connectivity index (χ0n) is 11.9. The van der Waals surface area contributed by atoms with Gasteiger partial charge in [-0.25, -0.2) is 4.99 Å². The van der Waals surface area contributed by atoms with Crippen LogP contribution in [-0.4, -0.2) is 11.2 Å². The second-order valence-corrected chi connectivity index (χ2v) is 6.84. The summed E-state index contributed by atoms with van der Waals surface area (Å²) in [6.45, 7) is 4.16. The zero-order chi connectivity index (χ0) is 15.0. The first kappa shape index (κ1) is 14.8. The van der Waals surface area contributed by atoms with E-state index in [1.54, 1.807) is 0 Å². The number of rotatable bonds is 2. The smallest absolute Gasteiger partial charge is 0.222 e. The van der Waals surface area contributed by atoms with Crippen LogP contribution in [0.15, 0.2) is 51.9 Å². The third-order valence-electron chi connectivity index (χ3n) is 3.70. The van der Waals surface area contributed by atoms with Gasteiger partial charge in [0.15, 0.2) is 0 Å². The van der Waals surface area contributed by atoms with Gasteiger partial charge in [-0.2, -0.15) is 0 Å². The van der Waals surface area contributed by atoms with E-state index in [9.17, 15) is 0 Å². The number of hydrogen-bond donors (Lipinski definition) is 0. The molecular formula is C17H15Br2NO. The van der Waals surface area contributed by atoms with Crippen LogP contribution in [0.1, 0.15) is 23.6 Å². The Bertz CT molecular complexity index is 726. The predicted octanol–water partition coefficient (Wildman–Crippen LogP) is 5.48. The maximum atomic E-state index is 6.25. The quantitative estimate of drug-likeness (QED) is 0.603. The Morgan fingerprint density at radius 3 is 2.67 bits per heavy atom. The summed E-state index contributed by atoms with van der Waals surface area (Å²) in [5.41, 5.74) is 3.82. The van der Waals surface area contributed by atoms with Crippen LogP contribution >= 0.6 is 31.9 Å². The Labute approximate surface area is 141 Å². The molecule has 1 unspecified atom stereocenters. The summed E-state index contributed by atoms with van der Waals surface area (Å²) in [4.78, 5) is 4.71. The van der Waals surface area contributed by atoms with Crippen LogP contribution in [0.3, 0.4) is 0 Å². The molecule has 0 N–H and O–H groups in total. The van der Waals surface area contributed by atoms with Crippen LogP contribution < -0.4 is 0 Å². The molecule has 2 aromatic rings. The van der Waals surface area contributed by atoms with Crippen molar-refractivity contribution in [2.45, 2.75) is 19.4 Å². The zero-order valence-corrected chi connectivity index (χ0v) is 15.0. The number of hydrogen-bond acceptors (Lipinski definition) is 2. The van der Waals surface area contributed by atoms with Crippen LogP contribution in [0.5, 0.6) is 0 Å². The number of halogens is 2. The van der Waals surface area contributed by atoms with Crippen molar-refractivity contribution in [3.8, 4) is 0 Å². The number of aryl methyl sites for hydroxylation is 1. The lowest BCUT2D eigenvalue weighted by molar-refractivity contribution is 0.0978. The predicted molar refractivity (Wildman–Crippen MR) is 93.7 cm³/mol. The number of ether oxygens (including phenoxy) is 1. The van der Waals surface area contributed by atoms with Gasteiger partial charge < -0.3 is 4.74 Å². The fourth-order valence-electron chi connectivity index (χ4n) is 2.46. The Morgan fingerprint density at radius 1 is 1.19 bits per heavy atom. The second-order valence-electron chi connectivity index (χ2n) is 5.36. The molecule has 0 saturated heterocycles. The molecular weight excluding hydrogens is 394 g/mol. The summed E-state index contributed by atoms with van der Waals surface area (Å²) >= 11 is 7.11. The van der Waals surface area contributed by atoms with Gasteiger partial charge in [0.05, 0.1) is 5.69 Å². The highest BCUT2D eigenvalue weighted by molar-refractivity contribution is 9.10. The van der Waals surface area contributed by atoms with E-state index in [1.165, 1.54) is 0 Å². The molecule has 1 heterocycles. The van der Waals surface area contributed by atoms with Crippen LogP contribution in [0.4, 0.5) is 5.69 Å². The minimum absolute atomic E-state index is 0.432. The highest BCUT2D eigenvalue weighted by Crippen LogP contribution is 2.41. The molecule has 0 bridgehead atoms. The number of benzene rings is 2. The molecule has 1 aliphatic heterocycles. The first-order chi connectivity index (χ1) is 10.0. The van der Waals surface area contributed by atoms with E-state index >= 15 is 0 Å². The van der Waals surface area contributed by atoms with Gasteiger partial charge in [0.1, 0.15) is 5.60 Å². The molecule has 108 valence electrons. The summed E-state index contributed by atoms with van der Waals surface area (Å²) in [6.07, 6.45) is 0. The molecule has 0 aromatic heterocycles. The largest absolute Gasteiger partial charge is 0.465 e. The van der Waals surface area contributed by atoms with E-state index in [0.29, 0.717) is 11.2 Å². The molecule has 0 amide bonds. The third-order valence-corrected chi connectivity index (χ3v) is 5.27. The highest BCUT2D eigenvalue weighted by Gasteiger charge is 2.35. The van der Waals surface area contributed by atoms with Crippen molar-refractivity contribution in [3.63, 3.8) is 0 Å². The Morgan fingerprint density at radius 2 is 1.95 bits per heavy atom. The number of alkyl halides is 1. The van der Waals surface area contributed by atoms with Gasteiger partial charge in [0.2, 0.25) is 5.90 Å². The fourth-order valence-corrected chi connectivity index (χ4v) is 3.23. The van der Waals surface area contributed by atoms with Crippen LogP contribution in [-0.2, 0) is 10.3 Å². The third kappa shape index (κ3) is 2.67. The Hall–Kier alpha value is -1.13. The van der Waals surface area contributed by atoms with E-state index in [2.05, 4.69) is 57.8 Å². The van der Waals surface area contributed by atoms with Gasteiger partial charge in [-0.3, -0.25) is 0 Å². The van der Waals surface area contributed by atoms with Gasteiger partial charge >= 0.3 is 0 Å². The number of aliphatic imine (C=N–C) groups is 1. The number of fused-ring (bicyclic) bond motifs is 1. The Kier molecular flexibility index (Phi) is 3.93. The molecule has 4 heteroatoms. The van der Waals surface area contributed by atoms with Gasteiger partial charge in [-0.15, -0.1) is 0 Å². The maximum absolute atomic E-state index is 6.25. The Balaban J connectivity index is 2.18. The first-order valence-electron chi connectivity index (χ1n) is 6.73. The average molecular weight is 409 g/mol. The molecule has 1 atom stereocenters. The SMILES string of the molecule is Cc1ccccc1C1=Nc2ccc(Br)cc2C(C)(CBr)O1. The molecule has 3 rings (SSSR count). The molecule has 0 radical (unpaired) electrons. The van der Waals surface area contributed by atoms with E-state index in [0.717, 1.165) is 26.9 Å². The van der Waals surface area contributed by atoms with Crippen molar-refractivity contribution in [2.24, 2.45) is 4.99 Å². The molecule has 2 aromatic carbocycles. The molecule has 0 fully saturated rings. The van der Waals surface area contributed by atoms with Gasteiger partial charge in [-0.1, -0.05) is 50.1 Å². The molecule has 2 nitrogen and oxygen atoms in total. The van der Waals surface area contributed by atoms with Crippen molar-refractivity contribution >= 4 is 43.4 Å². The lowest BCUT2D eigenvalue weighted by Crippen LogP contribution is -2.34. The monoisotopic (exact) mass is 407 g/mol. The fraction of sp³-hybridized carbons (Fsp3) is 0.235. The van der Waals surface area contributed by atoms with Gasteiger partial charge in [-0.05, 0) is 43.7 Å². The molecule has 0 spiro atoms.